The quantitative estimate of drug-likeness (QED) is 0.816. The van der Waals surface area contributed by atoms with Crippen molar-refractivity contribution in [2.45, 2.75) is 45.6 Å². The van der Waals surface area contributed by atoms with E-state index in [1.165, 1.54) is 25.7 Å². The highest BCUT2D eigenvalue weighted by Gasteiger charge is 2.29. The largest absolute Gasteiger partial charge is 0.342 e. The number of nitrogens with zero attached hydrogens (tertiary/aromatic N) is 2. The molecule has 4 nitrogen and oxygen atoms in total. The van der Waals surface area contributed by atoms with Crippen molar-refractivity contribution in [1.29, 1.82) is 0 Å². The summed E-state index contributed by atoms with van der Waals surface area (Å²) in [6.07, 6.45) is 4.75. The van der Waals surface area contributed by atoms with Gasteiger partial charge < -0.3 is 10.2 Å². The average molecular weight is 267 g/mol. The highest BCUT2D eigenvalue weighted by atomic mass is 16.2. The normalized spacial score (nSPS) is 28.8. The molecule has 0 aromatic heterocycles. The van der Waals surface area contributed by atoms with E-state index >= 15 is 0 Å². The molecule has 0 saturated carbocycles. The number of rotatable bonds is 5. The number of carbonyl (C=O) groups excluding carboxylic acids is 1. The minimum atomic E-state index is 0.342. The number of carbonyl (C=O) groups is 1. The third kappa shape index (κ3) is 3.93. The lowest BCUT2D eigenvalue weighted by molar-refractivity contribution is -0.131. The summed E-state index contributed by atoms with van der Waals surface area (Å²) in [7, 11) is 0. The van der Waals surface area contributed by atoms with Crippen LogP contribution in [0, 0.1) is 5.92 Å². The third-order valence-corrected chi connectivity index (χ3v) is 4.63. The van der Waals surface area contributed by atoms with Crippen LogP contribution in [0.1, 0.15) is 39.5 Å². The fourth-order valence-electron chi connectivity index (χ4n) is 3.45. The molecular formula is C15H29N3O. The van der Waals surface area contributed by atoms with E-state index in [1.54, 1.807) is 0 Å². The molecule has 0 spiro atoms. The monoisotopic (exact) mass is 267 g/mol. The molecule has 0 aliphatic carbocycles. The van der Waals surface area contributed by atoms with Crippen LogP contribution in [-0.4, -0.2) is 61.0 Å². The minimum Gasteiger partial charge on any atom is -0.342 e. The van der Waals surface area contributed by atoms with Gasteiger partial charge in [-0.15, -0.1) is 0 Å². The molecule has 2 atom stereocenters. The second-order valence-corrected chi connectivity index (χ2v) is 5.94. The number of hydrogen-bond donors (Lipinski definition) is 1. The Morgan fingerprint density at radius 3 is 2.58 bits per heavy atom. The molecule has 2 aliphatic heterocycles. The summed E-state index contributed by atoms with van der Waals surface area (Å²) in [5.41, 5.74) is 0. The molecule has 0 aromatic rings. The van der Waals surface area contributed by atoms with Gasteiger partial charge in [0, 0.05) is 32.2 Å². The second kappa shape index (κ2) is 7.25. The summed E-state index contributed by atoms with van der Waals surface area (Å²) in [5.74, 6) is 1.04. The van der Waals surface area contributed by atoms with Crippen molar-refractivity contribution in [3.05, 3.63) is 0 Å². The van der Waals surface area contributed by atoms with E-state index in [1.807, 2.05) is 4.90 Å². The van der Waals surface area contributed by atoms with Crippen LogP contribution >= 0.6 is 0 Å². The van der Waals surface area contributed by atoms with Crippen LogP contribution in [0.3, 0.4) is 0 Å². The van der Waals surface area contributed by atoms with Crippen LogP contribution < -0.4 is 5.32 Å². The van der Waals surface area contributed by atoms with Gasteiger partial charge >= 0.3 is 0 Å². The van der Waals surface area contributed by atoms with Crippen LogP contribution in [0.2, 0.25) is 0 Å². The molecular weight excluding hydrogens is 238 g/mol. The van der Waals surface area contributed by atoms with E-state index in [0.29, 0.717) is 24.4 Å². The van der Waals surface area contributed by atoms with Gasteiger partial charge in [0.15, 0.2) is 0 Å². The predicted octanol–water partition coefficient (Wildman–Crippen LogP) is 1.32. The first-order valence-electron chi connectivity index (χ1n) is 7.98. The van der Waals surface area contributed by atoms with Crippen LogP contribution in [-0.2, 0) is 4.79 Å². The molecule has 0 bridgehead atoms. The first-order valence-corrected chi connectivity index (χ1v) is 7.98. The van der Waals surface area contributed by atoms with Gasteiger partial charge in [0.05, 0.1) is 6.54 Å². The first kappa shape index (κ1) is 14.8. The minimum absolute atomic E-state index is 0.342. The molecule has 0 radical (unpaired) electrons. The zero-order chi connectivity index (χ0) is 13.7. The standard InChI is InChI=1S/C15H29N3O/c1-3-13-11-17(10-7-14(13)16-4-2)12-15(19)18-8-5-6-9-18/h13-14,16H,3-12H2,1-2H3. The average Bonchev–Trinajstić information content (AvgIpc) is 2.94. The van der Waals surface area contributed by atoms with Crippen molar-refractivity contribution in [2.75, 3.05) is 39.3 Å². The Kier molecular flexibility index (Phi) is 5.64. The van der Waals surface area contributed by atoms with Gasteiger partial charge in [-0.1, -0.05) is 20.3 Å². The van der Waals surface area contributed by atoms with Crippen molar-refractivity contribution < 1.29 is 4.79 Å². The predicted molar refractivity (Wildman–Crippen MR) is 78.1 cm³/mol. The summed E-state index contributed by atoms with van der Waals surface area (Å²) in [6, 6.07) is 0.646. The van der Waals surface area contributed by atoms with E-state index in [9.17, 15) is 4.79 Å². The molecule has 2 rings (SSSR count). The summed E-state index contributed by atoms with van der Waals surface area (Å²) < 4.78 is 0. The van der Waals surface area contributed by atoms with E-state index in [2.05, 4.69) is 24.1 Å². The van der Waals surface area contributed by atoms with Crippen molar-refractivity contribution in [3.63, 3.8) is 0 Å². The van der Waals surface area contributed by atoms with Gasteiger partial charge in [0.25, 0.3) is 0 Å². The summed E-state index contributed by atoms with van der Waals surface area (Å²) in [4.78, 5) is 16.6. The van der Waals surface area contributed by atoms with Crippen LogP contribution in [0.25, 0.3) is 0 Å². The van der Waals surface area contributed by atoms with E-state index < -0.39 is 0 Å². The maximum absolute atomic E-state index is 12.2. The molecule has 0 aromatic carbocycles. The van der Waals surface area contributed by atoms with Gasteiger partial charge in [0.1, 0.15) is 0 Å². The molecule has 2 aliphatic rings. The number of hydrogen-bond acceptors (Lipinski definition) is 3. The molecule has 2 unspecified atom stereocenters. The lowest BCUT2D eigenvalue weighted by Gasteiger charge is -2.38. The summed E-state index contributed by atoms with van der Waals surface area (Å²) in [5, 5.41) is 3.59. The molecule has 2 saturated heterocycles. The zero-order valence-electron chi connectivity index (χ0n) is 12.5. The van der Waals surface area contributed by atoms with Crippen molar-refractivity contribution in [1.82, 2.24) is 15.1 Å². The summed E-state index contributed by atoms with van der Waals surface area (Å²) in [6.45, 7) is 10.2. The highest BCUT2D eigenvalue weighted by molar-refractivity contribution is 5.78. The lowest BCUT2D eigenvalue weighted by Crippen LogP contribution is -2.51. The van der Waals surface area contributed by atoms with Gasteiger partial charge in [-0.05, 0) is 31.7 Å². The topological polar surface area (TPSA) is 35.6 Å². The Balaban J connectivity index is 1.80. The van der Waals surface area contributed by atoms with E-state index in [-0.39, 0.29) is 0 Å². The molecule has 1 N–H and O–H groups in total. The molecule has 110 valence electrons. The Morgan fingerprint density at radius 2 is 1.95 bits per heavy atom. The molecule has 2 heterocycles. The molecule has 19 heavy (non-hydrogen) atoms. The van der Waals surface area contributed by atoms with E-state index in [0.717, 1.165) is 32.7 Å². The van der Waals surface area contributed by atoms with Crippen LogP contribution in [0.15, 0.2) is 0 Å². The number of amides is 1. The van der Waals surface area contributed by atoms with Gasteiger partial charge in [0.2, 0.25) is 5.91 Å². The van der Waals surface area contributed by atoms with Gasteiger partial charge in [-0.3, -0.25) is 9.69 Å². The molecule has 1 amide bonds. The SMILES string of the molecule is CCNC1CCN(CC(=O)N2CCCC2)CC1CC. The number of nitrogens with one attached hydrogen (secondary N) is 1. The zero-order valence-corrected chi connectivity index (χ0v) is 12.5. The highest BCUT2D eigenvalue weighted by Crippen LogP contribution is 2.20. The fourth-order valence-corrected chi connectivity index (χ4v) is 3.45. The third-order valence-electron chi connectivity index (χ3n) is 4.63. The Morgan fingerprint density at radius 1 is 1.21 bits per heavy atom. The fraction of sp³-hybridized carbons (Fsp3) is 0.933. The summed E-state index contributed by atoms with van der Waals surface area (Å²) >= 11 is 0. The van der Waals surface area contributed by atoms with Crippen molar-refractivity contribution >= 4 is 5.91 Å². The van der Waals surface area contributed by atoms with Crippen LogP contribution in [0.5, 0.6) is 0 Å². The maximum Gasteiger partial charge on any atom is 0.236 e. The second-order valence-electron chi connectivity index (χ2n) is 5.94. The van der Waals surface area contributed by atoms with Gasteiger partial charge in [-0.2, -0.15) is 0 Å². The molecule has 4 heteroatoms. The van der Waals surface area contributed by atoms with Crippen LogP contribution in [0.4, 0.5) is 0 Å². The number of likely N-dealkylation sites (tertiary alicyclic amines) is 2. The number of piperidine rings is 1. The van der Waals surface area contributed by atoms with Crippen molar-refractivity contribution in [2.24, 2.45) is 5.92 Å². The van der Waals surface area contributed by atoms with Crippen molar-refractivity contribution in [3.8, 4) is 0 Å². The Bertz CT molecular complexity index is 289. The smallest absolute Gasteiger partial charge is 0.236 e. The maximum atomic E-state index is 12.2. The van der Waals surface area contributed by atoms with E-state index in [4.69, 9.17) is 0 Å². The first-order chi connectivity index (χ1) is 9.24. The molecule has 2 fully saturated rings. The Hall–Kier alpha value is -0.610. The van der Waals surface area contributed by atoms with Gasteiger partial charge in [-0.25, -0.2) is 0 Å². The Labute approximate surface area is 117 Å². The lowest BCUT2D eigenvalue weighted by atomic mass is 9.90.